The molecule has 0 rings (SSSR count). The summed E-state index contributed by atoms with van der Waals surface area (Å²) in [6.45, 7) is 3.73. The molecule has 0 amide bonds. The van der Waals surface area contributed by atoms with Gasteiger partial charge in [-0.1, -0.05) is 235 Å². The van der Waals surface area contributed by atoms with Crippen LogP contribution >= 0.6 is 7.82 Å². The van der Waals surface area contributed by atoms with Crippen LogP contribution in [0.3, 0.4) is 0 Å². The number of phosphoric ester groups is 1. The van der Waals surface area contributed by atoms with Gasteiger partial charge in [-0.25, -0.2) is 4.57 Å². The molecule has 0 saturated carbocycles. The van der Waals surface area contributed by atoms with E-state index in [0.29, 0.717) is 6.42 Å². The summed E-state index contributed by atoms with van der Waals surface area (Å²) in [5, 5.41) is 0. The van der Waals surface area contributed by atoms with Crippen molar-refractivity contribution in [3.63, 3.8) is 0 Å². The van der Waals surface area contributed by atoms with Crippen LogP contribution in [0.2, 0.25) is 0 Å². The third-order valence-corrected chi connectivity index (χ3v) is 13.4. The molecule has 0 fully saturated rings. The second-order valence-corrected chi connectivity index (χ2v) is 20.6. The van der Waals surface area contributed by atoms with E-state index < -0.39 is 26.5 Å². The zero-order valence-electron chi connectivity index (χ0n) is 44.8. The van der Waals surface area contributed by atoms with E-state index in [4.69, 9.17) is 24.3 Å². The molecule has 0 aliphatic heterocycles. The number of ether oxygens (including phenoxy) is 2. The lowest BCUT2D eigenvalue weighted by atomic mass is 10.0. The number of rotatable bonds is 54. The number of hydrogen-bond donors (Lipinski definition) is 2. The molecular weight excluding hydrogens is 882 g/mol. The zero-order valence-corrected chi connectivity index (χ0v) is 45.7. The van der Waals surface area contributed by atoms with Crippen molar-refractivity contribution in [3.8, 4) is 0 Å². The number of esters is 2. The summed E-state index contributed by atoms with van der Waals surface area (Å²) in [7, 11) is -4.39. The van der Waals surface area contributed by atoms with Crippen LogP contribution in [0.4, 0.5) is 0 Å². The van der Waals surface area contributed by atoms with E-state index >= 15 is 0 Å². The molecular formula is C59H108NO8P. The zero-order chi connectivity index (χ0) is 50.2. The molecule has 0 saturated heterocycles. The second kappa shape index (κ2) is 55.0. The first-order valence-corrected chi connectivity index (χ1v) is 30.3. The van der Waals surface area contributed by atoms with E-state index in [-0.39, 0.29) is 38.6 Å². The fourth-order valence-corrected chi connectivity index (χ4v) is 8.85. The number of phosphoric acid groups is 1. The van der Waals surface area contributed by atoms with Crippen LogP contribution < -0.4 is 5.73 Å². The number of hydrogen-bond acceptors (Lipinski definition) is 8. The number of allylic oxidation sites excluding steroid dienone is 10. The molecule has 0 spiro atoms. The van der Waals surface area contributed by atoms with Gasteiger partial charge in [-0.15, -0.1) is 0 Å². The molecule has 2 atom stereocenters. The van der Waals surface area contributed by atoms with Crippen molar-refractivity contribution >= 4 is 19.8 Å². The van der Waals surface area contributed by atoms with Gasteiger partial charge in [0, 0.05) is 19.4 Å². The van der Waals surface area contributed by atoms with Crippen molar-refractivity contribution < 1.29 is 37.6 Å². The maximum Gasteiger partial charge on any atom is 0.472 e. The smallest absolute Gasteiger partial charge is 0.462 e. The highest BCUT2D eigenvalue weighted by atomic mass is 31.2. The second-order valence-electron chi connectivity index (χ2n) is 19.2. The molecule has 2 unspecified atom stereocenters. The quantitative estimate of drug-likeness (QED) is 0.0264. The van der Waals surface area contributed by atoms with E-state index in [9.17, 15) is 19.0 Å². The molecule has 0 aromatic heterocycles. The highest BCUT2D eigenvalue weighted by Crippen LogP contribution is 2.43. The Kier molecular flexibility index (Phi) is 53.2. The van der Waals surface area contributed by atoms with Gasteiger partial charge < -0.3 is 20.1 Å². The van der Waals surface area contributed by atoms with Crippen molar-refractivity contribution in [3.05, 3.63) is 60.8 Å². The topological polar surface area (TPSA) is 134 Å². The summed E-state index contributed by atoms with van der Waals surface area (Å²) in [4.78, 5) is 35.2. The van der Waals surface area contributed by atoms with Gasteiger partial charge >= 0.3 is 19.8 Å². The van der Waals surface area contributed by atoms with Crippen LogP contribution in [0.5, 0.6) is 0 Å². The number of unbranched alkanes of at least 4 members (excludes halogenated alkanes) is 31. The molecule has 69 heavy (non-hydrogen) atoms. The first kappa shape index (κ1) is 66.7. The molecule has 3 N–H and O–H groups in total. The third kappa shape index (κ3) is 54.9. The molecule has 402 valence electrons. The van der Waals surface area contributed by atoms with Crippen LogP contribution in [0.25, 0.3) is 0 Å². The Morgan fingerprint density at radius 2 is 0.754 bits per heavy atom. The van der Waals surface area contributed by atoms with Crippen LogP contribution in [0.1, 0.15) is 271 Å². The third-order valence-electron chi connectivity index (χ3n) is 12.4. The van der Waals surface area contributed by atoms with Gasteiger partial charge in [0.2, 0.25) is 0 Å². The maximum atomic E-state index is 12.7. The van der Waals surface area contributed by atoms with Crippen molar-refractivity contribution in [1.82, 2.24) is 0 Å². The normalized spacial score (nSPS) is 13.5. The first-order chi connectivity index (χ1) is 33.8. The summed E-state index contributed by atoms with van der Waals surface area (Å²) in [6, 6.07) is 0. The van der Waals surface area contributed by atoms with Gasteiger partial charge in [0.15, 0.2) is 6.10 Å². The number of carbonyl (C=O) groups is 2. The minimum Gasteiger partial charge on any atom is -0.462 e. The lowest BCUT2D eigenvalue weighted by Crippen LogP contribution is -2.29. The fourth-order valence-electron chi connectivity index (χ4n) is 8.09. The Morgan fingerprint density at radius 1 is 0.435 bits per heavy atom. The lowest BCUT2D eigenvalue weighted by Gasteiger charge is -2.19. The van der Waals surface area contributed by atoms with Crippen LogP contribution in [0, 0.1) is 0 Å². The van der Waals surface area contributed by atoms with E-state index in [2.05, 4.69) is 74.6 Å². The van der Waals surface area contributed by atoms with Crippen LogP contribution in [0.15, 0.2) is 60.8 Å². The van der Waals surface area contributed by atoms with Crippen molar-refractivity contribution in [2.24, 2.45) is 5.73 Å². The molecule has 0 aliphatic carbocycles. The Hall–Kier alpha value is -2.29. The highest BCUT2D eigenvalue weighted by Gasteiger charge is 2.26. The van der Waals surface area contributed by atoms with Crippen LogP contribution in [-0.4, -0.2) is 49.3 Å². The highest BCUT2D eigenvalue weighted by molar-refractivity contribution is 7.47. The number of carbonyl (C=O) groups excluding carboxylic acids is 2. The van der Waals surface area contributed by atoms with Gasteiger partial charge in [0.25, 0.3) is 0 Å². The molecule has 0 heterocycles. The van der Waals surface area contributed by atoms with Gasteiger partial charge in [-0.2, -0.15) is 0 Å². The largest absolute Gasteiger partial charge is 0.472 e. The maximum absolute atomic E-state index is 12.7. The van der Waals surface area contributed by atoms with E-state index in [0.717, 1.165) is 77.0 Å². The molecule has 10 heteroatoms. The summed E-state index contributed by atoms with van der Waals surface area (Å²) < 4.78 is 33.0. The van der Waals surface area contributed by atoms with Gasteiger partial charge in [0.05, 0.1) is 13.2 Å². The molecule has 0 aromatic carbocycles. The monoisotopic (exact) mass is 990 g/mol. The van der Waals surface area contributed by atoms with Gasteiger partial charge in [-0.3, -0.25) is 18.6 Å². The van der Waals surface area contributed by atoms with Crippen molar-refractivity contribution in [2.45, 2.75) is 277 Å². The first-order valence-electron chi connectivity index (χ1n) is 28.8. The fraction of sp³-hybridized carbons (Fsp3) is 0.797. The standard InChI is InChI=1S/C59H108NO8P/c1-3-5-7-9-11-13-15-17-19-21-23-25-26-27-28-29-30-32-33-35-37-39-41-43-45-47-49-51-58(61)65-55-57(56-67-69(63,64)66-54-53-60)68-59(62)52-50-48-46-44-42-40-38-36-34-31-24-22-20-18-16-14-12-10-8-6-4-2/h15-18,21-24,34,36,57H,3-14,19-20,25-33,35,37-56,60H2,1-2H3,(H,63,64)/b17-15-,18-16-,23-21-,24-22-,36-34-. The Bertz CT molecular complexity index is 1310. The van der Waals surface area contributed by atoms with E-state index in [1.165, 1.54) is 161 Å². The predicted octanol–water partition coefficient (Wildman–Crippen LogP) is 18.0. The minimum absolute atomic E-state index is 0.0496. The Balaban J connectivity index is 3.98. The Labute approximate surface area is 425 Å². The average molecular weight is 990 g/mol. The minimum atomic E-state index is -4.39. The van der Waals surface area contributed by atoms with Gasteiger partial charge in [0.1, 0.15) is 6.61 Å². The summed E-state index contributed by atoms with van der Waals surface area (Å²) in [5.74, 6) is -0.836. The number of nitrogens with two attached hydrogens (primary N) is 1. The average Bonchev–Trinajstić information content (AvgIpc) is 3.34. The van der Waals surface area contributed by atoms with Crippen molar-refractivity contribution in [2.75, 3.05) is 26.4 Å². The molecule has 9 nitrogen and oxygen atoms in total. The van der Waals surface area contributed by atoms with E-state index in [1.807, 2.05) is 0 Å². The molecule has 0 radical (unpaired) electrons. The summed E-state index contributed by atoms with van der Waals surface area (Å²) >= 11 is 0. The van der Waals surface area contributed by atoms with Crippen LogP contribution in [-0.2, 0) is 32.7 Å². The molecule has 0 bridgehead atoms. The molecule has 0 aromatic rings. The van der Waals surface area contributed by atoms with Gasteiger partial charge in [-0.05, 0) is 83.5 Å². The summed E-state index contributed by atoms with van der Waals surface area (Å²) in [5.41, 5.74) is 5.38. The lowest BCUT2D eigenvalue weighted by molar-refractivity contribution is -0.161. The van der Waals surface area contributed by atoms with E-state index in [1.54, 1.807) is 0 Å². The summed E-state index contributed by atoms with van der Waals surface area (Å²) in [6.07, 6.45) is 68.4. The molecule has 0 aliphatic rings. The van der Waals surface area contributed by atoms with Crippen molar-refractivity contribution in [1.29, 1.82) is 0 Å². The predicted molar refractivity (Wildman–Crippen MR) is 293 cm³/mol. The Morgan fingerprint density at radius 3 is 1.12 bits per heavy atom. The SMILES string of the molecule is CCCCCCC/C=C\C/C=C\C/C=C\CCCCCCCCC(=O)OC(COC(=O)CCCCCCCCCCCCCCCCC/C=C\C/C=C\CCCCCCC)COP(=O)(O)OCCN.